The van der Waals surface area contributed by atoms with E-state index in [2.05, 4.69) is 26.5 Å². The molecule has 0 bridgehead atoms. The van der Waals surface area contributed by atoms with Gasteiger partial charge in [0.05, 0.1) is 41.2 Å². The Morgan fingerprint density at radius 3 is 2.29 bits per heavy atom. The summed E-state index contributed by atoms with van der Waals surface area (Å²) in [5, 5.41) is 3.98. The third-order valence-corrected chi connectivity index (χ3v) is 8.60. The fourth-order valence-corrected chi connectivity index (χ4v) is 6.32. The van der Waals surface area contributed by atoms with Gasteiger partial charge in [-0.3, -0.25) is 14.3 Å². The Morgan fingerprint density at radius 2 is 1.68 bits per heavy atom. The topological polar surface area (TPSA) is 124 Å². The van der Waals surface area contributed by atoms with Crippen LogP contribution in [0.2, 0.25) is 0 Å². The van der Waals surface area contributed by atoms with E-state index in [9.17, 15) is 18.0 Å². The van der Waals surface area contributed by atoms with Crippen molar-refractivity contribution in [2.24, 2.45) is 12.1 Å². The number of aromatic nitrogens is 2. The van der Waals surface area contributed by atoms with E-state index < -0.39 is 28.0 Å². The molecule has 1 N–H and O–H groups in total. The lowest BCUT2D eigenvalue weighted by Gasteiger charge is -2.22. The second kappa shape index (κ2) is 12.4. The van der Waals surface area contributed by atoms with Crippen molar-refractivity contribution >= 4 is 43.8 Å². The maximum atomic E-state index is 13.8. The van der Waals surface area contributed by atoms with Crippen LogP contribution >= 0.6 is 15.9 Å². The summed E-state index contributed by atoms with van der Waals surface area (Å²) in [6.45, 7) is 0.924. The van der Waals surface area contributed by atoms with Crippen LogP contribution in [0.4, 0.5) is 5.69 Å². The molecule has 4 aromatic rings. The lowest BCUT2D eigenvalue weighted by Crippen LogP contribution is -2.42. The zero-order chi connectivity index (χ0) is 29.7. The number of hydrogen-bond donors (Lipinski definition) is 1. The maximum Gasteiger partial charge on any atom is 0.296 e. The van der Waals surface area contributed by atoms with Gasteiger partial charge in [-0.2, -0.15) is 5.10 Å². The third-order valence-electron chi connectivity index (χ3n) is 6.25. The highest BCUT2D eigenvalue weighted by atomic mass is 79.9. The number of nitrogens with one attached hydrogen (secondary N) is 1. The molecule has 41 heavy (non-hydrogen) atoms. The summed E-state index contributed by atoms with van der Waals surface area (Å²) in [4.78, 5) is 26.7. The zero-order valence-electron chi connectivity index (χ0n) is 22.7. The number of anilines is 1. The van der Waals surface area contributed by atoms with Crippen molar-refractivity contribution < 1.29 is 22.7 Å². The molecule has 3 aromatic carbocycles. The van der Waals surface area contributed by atoms with Crippen LogP contribution < -0.4 is 24.8 Å². The first kappa shape index (κ1) is 29.6. The van der Waals surface area contributed by atoms with Crippen LogP contribution in [-0.2, 0) is 21.9 Å². The predicted molar refractivity (Wildman–Crippen MR) is 160 cm³/mol. The molecule has 0 unspecified atom stereocenters. The molecule has 4 rings (SSSR count). The first-order valence-electron chi connectivity index (χ1n) is 12.2. The van der Waals surface area contributed by atoms with Gasteiger partial charge in [-0.1, -0.05) is 36.4 Å². The number of hydrogen-bond acceptors (Lipinski definition) is 7. The molecule has 0 spiro atoms. The molecule has 1 aromatic heterocycles. The van der Waals surface area contributed by atoms with Crippen molar-refractivity contribution in [3.05, 3.63) is 98.9 Å². The van der Waals surface area contributed by atoms with Crippen LogP contribution in [0.1, 0.15) is 11.3 Å². The second-order valence-electron chi connectivity index (χ2n) is 8.77. The minimum absolute atomic E-state index is 0.0691. The number of rotatable bonds is 10. The fourth-order valence-electron chi connectivity index (χ4n) is 4.20. The highest BCUT2D eigenvalue weighted by molar-refractivity contribution is 9.10. The molecule has 0 atom stereocenters. The Balaban J connectivity index is 1.70. The Bertz CT molecular complexity index is 1750. The molecule has 0 aliphatic heterocycles. The van der Waals surface area contributed by atoms with Crippen molar-refractivity contribution in [1.82, 2.24) is 14.8 Å². The van der Waals surface area contributed by atoms with E-state index in [1.165, 1.54) is 37.2 Å². The number of hydrazone groups is 1. The largest absolute Gasteiger partial charge is 0.493 e. The SMILES string of the molecule is COc1cc(/C=N\NC(=O)CN(c2c(C)n(C)n(-c3ccccc3)c2=O)S(=O)(=O)c2ccccc2)cc(Br)c1OC. The monoisotopic (exact) mass is 641 g/mol. The number of halogens is 1. The first-order valence-corrected chi connectivity index (χ1v) is 14.5. The molecule has 13 heteroatoms. The van der Waals surface area contributed by atoms with Gasteiger partial charge in [0.2, 0.25) is 0 Å². The number of carbonyl (C=O) groups excluding carboxylic acids is 1. The molecular weight excluding hydrogens is 614 g/mol. The summed E-state index contributed by atoms with van der Waals surface area (Å²) in [6.07, 6.45) is 1.37. The molecule has 0 fully saturated rings. The molecule has 0 saturated carbocycles. The van der Waals surface area contributed by atoms with Crippen LogP contribution in [-0.4, -0.2) is 50.7 Å². The number of carbonyl (C=O) groups is 1. The van der Waals surface area contributed by atoms with Gasteiger partial charge in [0.1, 0.15) is 12.2 Å². The zero-order valence-corrected chi connectivity index (χ0v) is 25.1. The number of sulfonamides is 1. The van der Waals surface area contributed by atoms with Crippen LogP contribution in [0.5, 0.6) is 11.5 Å². The van der Waals surface area contributed by atoms with E-state index in [0.717, 1.165) is 4.31 Å². The number of methoxy groups -OCH3 is 2. The van der Waals surface area contributed by atoms with Crippen molar-refractivity contribution in [2.45, 2.75) is 11.8 Å². The van der Waals surface area contributed by atoms with Crippen molar-refractivity contribution in [3.63, 3.8) is 0 Å². The van der Waals surface area contributed by atoms with E-state index in [4.69, 9.17) is 9.47 Å². The van der Waals surface area contributed by atoms with Gasteiger partial charge in [0.15, 0.2) is 11.5 Å². The van der Waals surface area contributed by atoms with Gasteiger partial charge >= 0.3 is 0 Å². The van der Waals surface area contributed by atoms with Crippen molar-refractivity contribution in [3.8, 4) is 17.2 Å². The van der Waals surface area contributed by atoms with Crippen LogP contribution in [0.15, 0.2) is 92.1 Å². The number of para-hydroxylation sites is 1. The van der Waals surface area contributed by atoms with E-state index in [0.29, 0.717) is 32.9 Å². The Hall–Kier alpha value is -4.36. The molecule has 0 saturated heterocycles. The quantitative estimate of drug-likeness (QED) is 0.208. The highest BCUT2D eigenvalue weighted by Crippen LogP contribution is 2.35. The number of ether oxygens (including phenoxy) is 2. The third kappa shape index (κ3) is 6.05. The predicted octanol–water partition coefficient (Wildman–Crippen LogP) is 3.61. The highest BCUT2D eigenvalue weighted by Gasteiger charge is 2.33. The Morgan fingerprint density at radius 1 is 1.05 bits per heavy atom. The lowest BCUT2D eigenvalue weighted by atomic mass is 10.2. The summed E-state index contributed by atoms with van der Waals surface area (Å²) in [6, 6.07) is 19.8. The lowest BCUT2D eigenvalue weighted by molar-refractivity contribution is -0.119. The number of amides is 1. The van der Waals surface area contributed by atoms with Gasteiger partial charge in [-0.25, -0.2) is 22.8 Å². The minimum atomic E-state index is -4.32. The molecule has 214 valence electrons. The van der Waals surface area contributed by atoms with Gasteiger partial charge < -0.3 is 9.47 Å². The Labute approximate surface area is 245 Å². The maximum absolute atomic E-state index is 13.8. The average molecular weight is 643 g/mol. The van der Waals surface area contributed by atoms with Crippen molar-refractivity contribution in [2.75, 3.05) is 25.1 Å². The molecule has 0 aliphatic rings. The van der Waals surface area contributed by atoms with Gasteiger partial charge in [0, 0.05) is 7.05 Å². The molecule has 0 aliphatic carbocycles. The van der Waals surface area contributed by atoms with Gasteiger partial charge in [-0.05, 0) is 64.8 Å². The number of nitrogens with zero attached hydrogens (tertiary/aromatic N) is 4. The molecule has 11 nitrogen and oxygen atoms in total. The standard InChI is InChI=1S/C28H28BrN5O6S/c1-19-26(28(36)34(32(19)2)21-11-7-5-8-12-21)33(41(37,38)22-13-9-6-10-14-22)18-25(35)31-30-17-20-15-23(29)27(40-4)24(16-20)39-3/h5-17H,18H2,1-4H3,(H,31,35)/b30-17-. The molecule has 1 heterocycles. The van der Waals surface area contributed by atoms with Gasteiger partial charge in [0.25, 0.3) is 21.5 Å². The summed E-state index contributed by atoms with van der Waals surface area (Å²) in [7, 11) is 0.324. The smallest absolute Gasteiger partial charge is 0.296 e. The Kier molecular flexibility index (Phi) is 8.98. The summed E-state index contributed by atoms with van der Waals surface area (Å²) in [5.41, 5.74) is 3.08. The van der Waals surface area contributed by atoms with Crippen LogP contribution in [0.25, 0.3) is 5.69 Å². The fraction of sp³-hybridized carbons (Fsp3) is 0.179. The normalized spacial score (nSPS) is 11.4. The molecule has 1 amide bonds. The summed E-state index contributed by atoms with van der Waals surface area (Å²) in [5.74, 6) is 0.188. The van der Waals surface area contributed by atoms with Gasteiger partial charge in [-0.15, -0.1) is 0 Å². The van der Waals surface area contributed by atoms with E-state index in [1.54, 1.807) is 73.3 Å². The summed E-state index contributed by atoms with van der Waals surface area (Å²) < 4.78 is 42.6. The van der Waals surface area contributed by atoms with E-state index in [-0.39, 0.29) is 10.6 Å². The minimum Gasteiger partial charge on any atom is -0.493 e. The average Bonchev–Trinajstić information content (AvgIpc) is 3.19. The second-order valence-corrected chi connectivity index (χ2v) is 11.5. The summed E-state index contributed by atoms with van der Waals surface area (Å²) >= 11 is 3.40. The van der Waals surface area contributed by atoms with E-state index in [1.807, 2.05) is 6.07 Å². The van der Waals surface area contributed by atoms with Crippen molar-refractivity contribution in [1.29, 1.82) is 0 Å². The number of benzene rings is 3. The molecule has 0 radical (unpaired) electrons. The van der Waals surface area contributed by atoms with Crippen LogP contribution in [0, 0.1) is 6.92 Å². The molecular formula is C28H28BrN5O6S. The van der Waals surface area contributed by atoms with E-state index >= 15 is 0 Å². The first-order chi connectivity index (χ1) is 19.6. The van der Waals surface area contributed by atoms with Crippen LogP contribution in [0.3, 0.4) is 0 Å².